The van der Waals surface area contributed by atoms with E-state index in [2.05, 4.69) is 120 Å². The number of aryl methyl sites for hydroxylation is 1. The van der Waals surface area contributed by atoms with Gasteiger partial charge in [0, 0.05) is 23.0 Å². The first kappa shape index (κ1) is 30.5. The number of hydrogen-bond acceptors (Lipinski definition) is 3. The number of fused-ring (bicyclic) bond motifs is 7. The first-order chi connectivity index (χ1) is 21.3. The highest BCUT2D eigenvalue weighted by molar-refractivity contribution is 7.47. The highest BCUT2D eigenvalue weighted by atomic mass is 31.2. The molecular formula is C40H45O4P. The lowest BCUT2D eigenvalue weighted by atomic mass is 9.67. The average molecular weight is 621 g/mol. The number of hydrogen-bond donors (Lipinski definition) is 1. The lowest BCUT2D eigenvalue weighted by Gasteiger charge is -2.40. The zero-order valence-corrected chi connectivity index (χ0v) is 28.3. The Bertz CT molecular complexity index is 1790. The van der Waals surface area contributed by atoms with E-state index in [9.17, 15) is 9.46 Å². The molecule has 1 N–H and O–H groups in total. The Morgan fingerprint density at radius 2 is 1.40 bits per heavy atom. The number of phosphoric ester groups is 1. The van der Waals surface area contributed by atoms with Crippen LogP contribution in [0, 0.1) is 0 Å². The summed E-state index contributed by atoms with van der Waals surface area (Å²) in [6.07, 6.45) is 4.32. The largest absolute Gasteiger partial charge is 0.527 e. The smallest absolute Gasteiger partial charge is 0.403 e. The molecule has 4 aromatic carbocycles. The Labute approximate surface area is 268 Å². The summed E-state index contributed by atoms with van der Waals surface area (Å²) < 4.78 is 26.6. The molecule has 4 nitrogen and oxygen atoms in total. The summed E-state index contributed by atoms with van der Waals surface area (Å²) in [6, 6.07) is 28.2. The molecule has 0 amide bonds. The molecule has 234 valence electrons. The molecule has 0 fully saturated rings. The van der Waals surface area contributed by atoms with E-state index >= 15 is 0 Å². The van der Waals surface area contributed by atoms with Gasteiger partial charge < -0.3 is 4.52 Å². The predicted molar refractivity (Wildman–Crippen MR) is 182 cm³/mol. The quantitative estimate of drug-likeness (QED) is 0.227. The van der Waals surface area contributed by atoms with Crippen LogP contribution in [-0.4, -0.2) is 11.0 Å². The van der Waals surface area contributed by atoms with Crippen LogP contribution in [-0.2, 0) is 39.2 Å². The Hall–Kier alpha value is -3.17. The summed E-state index contributed by atoms with van der Waals surface area (Å²) in [5.74, 6) is 0.166. The van der Waals surface area contributed by atoms with Crippen LogP contribution in [0.5, 0.6) is 5.75 Å². The maximum Gasteiger partial charge on any atom is 0.527 e. The van der Waals surface area contributed by atoms with Crippen LogP contribution >= 0.6 is 7.82 Å². The molecule has 2 aliphatic carbocycles. The van der Waals surface area contributed by atoms with Crippen LogP contribution in [0.4, 0.5) is 0 Å². The van der Waals surface area contributed by atoms with Crippen molar-refractivity contribution in [2.45, 2.75) is 102 Å². The van der Waals surface area contributed by atoms with Crippen molar-refractivity contribution in [3.8, 4) is 16.9 Å². The second-order valence-corrected chi connectivity index (χ2v) is 16.7. The number of phosphoric acid groups is 1. The van der Waals surface area contributed by atoms with Crippen LogP contribution in [0.3, 0.4) is 0 Å². The van der Waals surface area contributed by atoms with Crippen LogP contribution < -0.4 is 4.52 Å². The molecule has 45 heavy (non-hydrogen) atoms. The van der Waals surface area contributed by atoms with Gasteiger partial charge in [0.2, 0.25) is 0 Å². The molecular weight excluding hydrogens is 575 g/mol. The number of benzene rings is 4. The maximum absolute atomic E-state index is 14.0. The topological polar surface area (TPSA) is 55.8 Å². The van der Waals surface area contributed by atoms with Crippen molar-refractivity contribution in [1.82, 2.24) is 0 Å². The van der Waals surface area contributed by atoms with Crippen molar-refractivity contribution >= 4 is 7.82 Å². The Kier molecular flexibility index (Phi) is 7.43. The molecule has 7 rings (SSSR count). The van der Waals surface area contributed by atoms with Gasteiger partial charge >= 0.3 is 7.82 Å². The van der Waals surface area contributed by atoms with E-state index in [0.717, 1.165) is 54.4 Å². The first-order valence-corrected chi connectivity index (χ1v) is 18.0. The van der Waals surface area contributed by atoms with Crippen LogP contribution in [0.25, 0.3) is 11.1 Å². The Morgan fingerprint density at radius 3 is 2.07 bits per heavy atom. The molecule has 0 bridgehead atoms. The fraction of sp³-hybridized carbons (Fsp3) is 0.400. The minimum atomic E-state index is -4.48. The molecule has 1 heterocycles. The van der Waals surface area contributed by atoms with Gasteiger partial charge in [0.1, 0.15) is 5.75 Å². The van der Waals surface area contributed by atoms with Gasteiger partial charge in [0.05, 0.1) is 6.10 Å². The van der Waals surface area contributed by atoms with Crippen LogP contribution in [0.2, 0.25) is 0 Å². The molecule has 0 radical (unpaired) electrons. The third-order valence-corrected chi connectivity index (χ3v) is 11.2. The van der Waals surface area contributed by atoms with Gasteiger partial charge in [-0.25, -0.2) is 4.57 Å². The summed E-state index contributed by atoms with van der Waals surface area (Å²) in [6.45, 7) is 13.3. The monoisotopic (exact) mass is 620 g/mol. The molecule has 3 aliphatic rings. The molecule has 1 aliphatic heterocycles. The van der Waals surface area contributed by atoms with E-state index in [-0.39, 0.29) is 22.7 Å². The van der Waals surface area contributed by atoms with Gasteiger partial charge in [-0.3, -0.25) is 9.42 Å². The van der Waals surface area contributed by atoms with E-state index in [1.54, 1.807) is 0 Å². The second kappa shape index (κ2) is 11.0. The normalized spacial score (nSPS) is 24.4. The molecule has 0 saturated carbocycles. The molecule has 4 aromatic rings. The van der Waals surface area contributed by atoms with E-state index < -0.39 is 13.9 Å². The van der Waals surface area contributed by atoms with Gasteiger partial charge in [-0.15, -0.1) is 0 Å². The third-order valence-electron chi connectivity index (χ3n) is 10.2. The van der Waals surface area contributed by atoms with Gasteiger partial charge in [-0.2, -0.15) is 0 Å². The average Bonchev–Trinajstić information content (AvgIpc) is 3.13. The van der Waals surface area contributed by atoms with Crippen molar-refractivity contribution in [1.29, 1.82) is 0 Å². The zero-order valence-electron chi connectivity index (χ0n) is 27.4. The van der Waals surface area contributed by atoms with Crippen molar-refractivity contribution in [2.75, 3.05) is 0 Å². The highest BCUT2D eigenvalue weighted by Gasteiger charge is 2.49. The summed E-state index contributed by atoms with van der Waals surface area (Å²) in [5, 5.41) is 0. The number of rotatable bonds is 2. The maximum atomic E-state index is 14.0. The lowest BCUT2D eigenvalue weighted by molar-refractivity contribution is 0.107. The van der Waals surface area contributed by atoms with E-state index in [1.165, 1.54) is 33.4 Å². The van der Waals surface area contributed by atoms with Gasteiger partial charge in [0.15, 0.2) is 0 Å². The molecule has 5 heteroatoms. The summed E-state index contributed by atoms with van der Waals surface area (Å²) in [7, 11) is -4.48. The first-order valence-electron chi connectivity index (χ1n) is 16.5. The van der Waals surface area contributed by atoms with E-state index in [0.29, 0.717) is 5.75 Å². The fourth-order valence-corrected chi connectivity index (χ4v) is 8.82. The lowest BCUT2D eigenvalue weighted by Crippen LogP contribution is -2.35. The summed E-state index contributed by atoms with van der Waals surface area (Å²) in [4.78, 5) is 11.4. The fourth-order valence-electron chi connectivity index (χ4n) is 7.78. The Balaban J connectivity index is 1.47. The van der Waals surface area contributed by atoms with Crippen molar-refractivity contribution in [3.05, 3.63) is 123 Å². The van der Waals surface area contributed by atoms with Gasteiger partial charge in [0.25, 0.3) is 0 Å². The second-order valence-electron chi connectivity index (χ2n) is 15.3. The van der Waals surface area contributed by atoms with Crippen LogP contribution in [0.15, 0.2) is 78.9 Å². The molecule has 2 unspecified atom stereocenters. The van der Waals surface area contributed by atoms with Gasteiger partial charge in [-0.1, -0.05) is 114 Å². The van der Waals surface area contributed by atoms with E-state index in [1.807, 2.05) is 0 Å². The zero-order chi connectivity index (χ0) is 31.7. The minimum Gasteiger partial charge on any atom is -0.403 e. The molecule has 4 atom stereocenters. The van der Waals surface area contributed by atoms with Crippen molar-refractivity contribution in [2.24, 2.45) is 0 Å². The van der Waals surface area contributed by atoms with Crippen molar-refractivity contribution < 1.29 is 18.5 Å². The van der Waals surface area contributed by atoms with Gasteiger partial charge in [-0.05, 0) is 93.5 Å². The predicted octanol–water partition coefficient (Wildman–Crippen LogP) is 10.2. The van der Waals surface area contributed by atoms with Crippen molar-refractivity contribution in [3.63, 3.8) is 0 Å². The standard InChI is InChI=1S/C40H45O4P/c1-39(2,3)29-19-15-25(16-20-29)33-23-27-11-7-9-13-31(27)35-36-32-14-10-8-12-28(32)24-34(38(36)44-45(41,42)43-37(33)35)26-17-21-30(22-18-26)40(4,5)6/h7,9,11,13,15-22,24,33,35,37H,8,10,12,14,23H2,1-6H3,(H,41,42)/t33?,35-,37-/m1/s1. The van der Waals surface area contributed by atoms with Crippen LogP contribution in [0.1, 0.15) is 111 Å². The Morgan fingerprint density at radius 1 is 0.778 bits per heavy atom. The third kappa shape index (κ3) is 5.60. The summed E-state index contributed by atoms with van der Waals surface area (Å²) in [5.41, 5.74) is 11.6. The van der Waals surface area contributed by atoms with E-state index in [4.69, 9.17) is 9.05 Å². The highest BCUT2D eigenvalue weighted by Crippen LogP contribution is 2.61. The minimum absolute atomic E-state index is 0.0234. The SMILES string of the molecule is CC(C)(C)c1ccc(-c2cc3c(c4c2OP(=O)(O)O[C@@H]2C(c5ccc(C(C)(C)C)cc5)Cc5ccccc5[C@H]42)CCCC3)cc1. The molecule has 0 spiro atoms. The summed E-state index contributed by atoms with van der Waals surface area (Å²) >= 11 is 0. The molecule has 0 aromatic heterocycles. The molecule has 0 saturated heterocycles.